The summed E-state index contributed by atoms with van der Waals surface area (Å²) in [6.07, 6.45) is 4.06. The Kier molecular flexibility index (Phi) is 6.94. The number of nitrogens with zero attached hydrogens (tertiary/aromatic N) is 2. The summed E-state index contributed by atoms with van der Waals surface area (Å²) in [6, 6.07) is 5.30. The fourth-order valence-corrected chi connectivity index (χ4v) is 6.51. The number of carbonyl (C=O) groups is 1. The van der Waals surface area contributed by atoms with Crippen molar-refractivity contribution in [3.63, 3.8) is 0 Å². The molecule has 2 atom stereocenters. The van der Waals surface area contributed by atoms with Gasteiger partial charge in [-0.2, -0.15) is 4.31 Å². The minimum absolute atomic E-state index is 0.0475. The van der Waals surface area contributed by atoms with Crippen LogP contribution in [0.25, 0.3) is 0 Å². The van der Waals surface area contributed by atoms with Gasteiger partial charge < -0.3 is 4.90 Å². The SMILES string of the molecule is CC(C)N(C)S(=O)(=O)c1cccc(C(=O)N(C)[C@H]2CCCC[C@H]2S(C)(=O)=O)c1. The third kappa shape index (κ3) is 4.75. The Morgan fingerprint density at radius 3 is 2.25 bits per heavy atom. The first-order valence-electron chi connectivity index (χ1n) is 9.41. The fourth-order valence-electron chi connectivity index (χ4n) is 3.61. The molecule has 0 spiro atoms. The van der Waals surface area contributed by atoms with E-state index >= 15 is 0 Å². The molecule has 0 N–H and O–H groups in total. The molecule has 7 nitrogen and oxygen atoms in total. The van der Waals surface area contributed by atoms with Crippen molar-refractivity contribution in [1.29, 1.82) is 0 Å². The molecule has 9 heteroatoms. The molecule has 1 amide bonds. The first kappa shape index (κ1) is 22.8. The molecule has 28 heavy (non-hydrogen) atoms. The van der Waals surface area contributed by atoms with Crippen LogP contribution < -0.4 is 0 Å². The number of sulfone groups is 1. The van der Waals surface area contributed by atoms with E-state index in [2.05, 4.69) is 0 Å². The lowest BCUT2D eigenvalue weighted by Gasteiger charge is -2.37. The van der Waals surface area contributed by atoms with E-state index in [-0.39, 0.29) is 22.4 Å². The molecule has 0 aromatic heterocycles. The highest BCUT2D eigenvalue weighted by molar-refractivity contribution is 7.91. The predicted octanol–water partition coefficient (Wildman–Crippen LogP) is 2.14. The van der Waals surface area contributed by atoms with Crippen LogP contribution in [0.2, 0.25) is 0 Å². The standard InChI is InChI=1S/C19H30N2O5S2/c1-14(2)21(4)28(25,26)16-10-8-9-15(13-16)19(22)20(3)17-11-6-7-12-18(17)27(5,23)24/h8-10,13-14,17-18H,6-7,11-12H2,1-5H3/t17-,18+/m0/s1. The van der Waals surface area contributed by atoms with E-state index in [9.17, 15) is 21.6 Å². The minimum atomic E-state index is -3.71. The summed E-state index contributed by atoms with van der Waals surface area (Å²) >= 11 is 0. The van der Waals surface area contributed by atoms with Crippen molar-refractivity contribution in [3.8, 4) is 0 Å². The lowest BCUT2D eigenvalue weighted by molar-refractivity contribution is 0.0700. The highest BCUT2D eigenvalue weighted by atomic mass is 32.2. The van der Waals surface area contributed by atoms with E-state index in [0.717, 1.165) is 12.8 Å². The molecule has 2 rings (SSSR count). The predicted molar refractivity (Wildman–Crippen MR) is 110 cm³/mol. The Hall–Kier alpha value is -1.45. The van der Waals surface area contributed by atoms with E-state index in [0.29, 0.717) is 12.8 Å². The van der Waals surface area contributed by atoms with E-state index in [1.54, 1.807) is 27.0 Å². The van der Waals surface area contributed by atoms with Crippen LogP contribution in [0.4, 0.5) is 0 Å². The Morgan fingerprint density at radius 2 is 1.68 bits per heavy atom. The average Bonchev–Trinajstić information content (AvgIpc) is 2.65. The monoisotopic (exact) mass is 430 g/mol. The van der Waals surface area contributed by atoms with Crippen molar-refractivity contribution in [2.75, 3.05) is 20.4 Å². The Balaban J connectivity index is 2.34. The van der Waals surface area contributed by atoms with Gasteiger partial charge in [0.15, 0.2) is 9.84 Å². The van der Waals surface area contributed by atoms with Gasteiger partial charge in [-0.15, -0.1) is 0 Å². The number of sulfonamides is 1. The fraction of sp³-hybridized carbons (Fsp3) is 0.632. The van der Waals surface area contributed by atoms with Gasteiger partial charge in [0.1, 0.15) is 0 Å². The Labute approximate surface area is 168 Å². The zero-order chi connectivity index (χ0) is 21.3. The number of rotatable bonds is 6. The molecule has 1 aliphatic rings. The highest BCUT2D eigenvalue weighted by Crippen LogP contribution is 2.28. The smallest absolute Gasteiger partial charge is 0.253 e. The van der Waals surface area contributed by atoms with E-state index in [4.69, 9.17) is 0 Å². The van der Waals surface area contributed by atoms with Crippen LogP contribution in [0, 0.1) is 0 Å². The van der Waals surface area contributed by atoms with Crippen LogP contribution in [0.1, 0.15) is 49.9 Å². The molecular formula is C19H30N2O5S2. The summed E-state index contributed by atoms with van der Waals surface area (Å²) in [4.78, 5) is 14.5. The van der Waals surface area contributed by atoms with Gasteiger partial charge in [-0.1, -0.05) is 18.9 Å². The Morgan fingerprint density at radius 1 is 1.07 bits per heavy atom. The molecule has 0 heterocycles. The Bertz CT molecular complexity index is 925. The normalized spacial score (nSPS) is 21.1. The molecule has 0 radical (unpaired) electrons. The van der Waals surface area contributed by atoms with Gasteiger partial charge in [0.2, 0.25) is 10.0 Å². The molecular weight excluding hydrogens is 400 g/mol. The van der Waals surface area contributed by atoms with Crippen LogP contribution in [0.5, 0.6) is 0 Å². The zero-order valence-electron chi connectivity index (χ0n) is 17.1. The van der Waals surface area contributed by atoms with Crippen LogP contribution in [-0.4, -0.2) is 69.6 Å². The second-order valence-electron chi connectivity index (χ2n) is 7.78. The maximum Gasteiger partial charge on any atom is 0.253 e. The lowest BCUT2D eigenvalue weighted by atomic mass is 9.93. The third-order valence-corrected chi connectivity index (χ3v) is 9.20. The summed E-state index contributed by atoms with van der Waals surface area (Å²) < 4.78 is 51.0. The molecule has 1 aromatic carbocycles. The van der Waals surface area contributed by atoms with Gasteiger partial charge in [-0.3, -0.25) is 4.79 Å². The molecule has 1 fully saturated rings. The molecule has 1 saturated carbocycles. The van der Waals surface area contributed by atoms with Crippen LogP contribution in [-0.2, 0) is 19.9 Å². The van der Waals surface area contributed by atoms with Gasteiger partial charge in [-0.25, -0.2) is 16.8 Å². The quantitative estimate of drug-likeness (QED) is 0.689. The highest BCUT2D eigenvalue weighted by Gasteiger charge is 2.37. The summed E-state index contributed by atoms with van der Waals surface area (Å²) in [5.74, 6) is -0.371. The second-order valence-corrected chi connectivity index (χ2v) is 12.0. The van der Waals surface area contributed by atoms with Gasteiger partial charge in [0, 0.05) is 38.0 Å². The number of amides is 1. The van der Waals surface area contributed by atoms with Crippen molar-refractivity contribution in [3.05, 3.63) is 29.8 Å². The average molecular weight is 431 g/mol. The topological polar surface area (TPSA) is 91.8 Å². The molecule has 0 aliphatic heterocycles. The molecule has 0 bridgehead atoms. The molecule has 158 valence electrons. The first-order chi connectivity index (χ1) is 12.9. The molecule has 0 saturated heterocycles. The van der Waals surface area contributed by atoms with Gasteiger partial charge >= 0.3 is 0 Å². The minimum Gasteiger partial charge on any atom is -0.337 e. The largest absolute Gasteiger partial charge is 0.337 e. The summed E-state index contributed by atoms with van der Waals surface area (Å²) in [7, 11) is -3.90. The van der Waals surface area contributed by atoms with E-state index < -0.39 is 31.2 Å². The van der Waals surface area contributed by atoms with Crippen molar-refractivity contribution < 1.29 is 21.6 Å². The van der Waals surface area contributed by atoms with Crippen LogP contribution in [0.15, 0.2) is 29.2 Å². The van der Waals surface area contributed by atoms with E-state index in [1.807, 2.05) is 0 Å². The number of benzene rings is 1. The number of hydrogen-bond acceptors (Lipinski definition) is 5. The molecule has 1 aliphatic carbocycles. The van der Waals surface area contributed by atoms with Crippen molar-refractivity contribution in [2.45, 2.75) is 61.8 Å². The van der Waals surface area contributed by atoms with Crippen molar-refractivity contribution in [1.82, 2.24) is 9.21 Å². The van der Waals surface area contributed by atoms with Gasteiger partial charge in [0.05, 0.1) is 10.1 Å². The number of carbonyl (C=O) groups excluding carboxylic acids is 1. The van der Waals surface area contributed by atoms with Gasteiger partial charge in [-0.05, 0) is 44.9 Å². The maximum absolute atomic E-state index is 13.0. The third-order valence-electron chi connectivity index (χ3n) is 5.52. The lowest BCUT2D eigenvalue weighted by Crippen LogP contribution is -2.49. The molecule has 1 aromatic rings. The van der Waals surface area contributed by atoms with Crippen LogP contribution in [0.3, 0.4) is 0 Å². The number of hydrogen-bond donors (Lipinski definition) is 0. The van der Waals surface area contributed by atoms with Crippen LogP contribution >= 0.6 is 0 Å². The van der Waals surface area contributed by atoms with Crippen molar-refractivity contribution >= 4 is 25.8 Å². The van der Waals surface area contributed by atoms with Crippen molar-refractivity contribution in [2.24, 2.45) is 0 Å². The summed E-state index contributed by atoms with van der Waals surface area (Å²) in [6.45, 7) is 3.55. The molecule has 0 unspecified atom stereocenters. The second kappa shape index (κ2) is 8.51. The maximum atomic E-state index is 13.0. The zero-order valence-corrected chi connectivity index (χ0v) is 18.8. The van der Waals surface area contributed by atoms with Gasteiger partial charge in [0.25, 0.3) is 5.91 Å². The van der Waals surface area contributed by atoms with E-state index in [1.165, 1.54) is 40.7 Å². The summed E-state index contributed by atoms with van der Waals surface area (Å²) in [5, 5.41) is -0.589. The summed E-state index contributed by atoms with van der Waals surface area (Å²) in [5.41, 5.74) is 0.235. The first-order valence-corrected chi connectivity index (χ1v) is 12.8.